The van der Waals surface area contributed by atoms with E-state index < -0.39 is 0 Å². The van der Waals surface area contributed by atoms with Crippen LogP contribution in [0.15, 0.2) is 29.4 Å². The Hall–Kier alpha value is -1.20. The van der Waals surface area contributed by atoms with E-state index in [0.717, 1.165) is 19.6 Å². The zero-order valence-electron chi connectivity index (χ0n) is 8.28. The molecule has 2 aromatic heterocycles. The van der Waals surface area contributed by atoms with Gasteiger partial charge < -0.3 is 0 Å². The van der Waals surface area contributed by atoms with Crippen LogP contribution >= 0.6 is 11.3 Å². The van der Waals surface area contributed by atoms with Gasteiger partial charge in [-0.25, -0.2) is 4.98 Å². The summed E-state index contributed by atoms with van der Waals surface area (Å²) in [6.07, 6.45) is 3.87. The third-order valence-electron chi connectivity index (χ3n) is 2.71. The number of hydrogen-bond donors (Lipinski definition) is 0. The van der Waals surface area contributed by atoms with Crippen LogP contribution in [0.4, 0.5) is 0 Å². The molecule has 1 aliphatic rings. The Bertz CT molecular complexity index is 403. The molecule has 0 atom stereocenters. The first kappa shape index (κ1) is 9.06. The summed E-state index contributed by atoms with van der Waals surface area (Å²) in [5.41, 5.74) is 3.07. The third kappa shape index (κ3) is 1.80. The Morgan fingerprint density at radius 2 is 2.40 bits per heavy atom. The monoisotopic (exact) mass is 220 g/mol. The highest BCUT2D eigenvalue weighted by atomic mass is 32.1. The summed E-state index contributed by atoms with van der Waals surface area (Å²) in [4.78, 5) is 6.67. The lowest BCUT2D eigenvalue weighted by molar-refractivity contribution is 0.0898. The van der Waals surface area contributed by atoms with Gasteiger partial charge in [-0.2, -0.15) is 5.10 Å². The Morgan fingerprint density at radius 3 is 3.07 bits per heavy atom. The average Bonchev–Trinajstić information content (AvgIpc) is 2.83. The predicted molar refractivity (Wildman–Crippen MR) is 58.7 cm³/mol. The summed E-state index contributed by atoms with van der Waals surface area (Å²) in [5.74, 6) is 0. The lowest BCUT2D eigenvalue weighted by Crippen LogP contribution is -2.47. The normalized spacial score (nSPS) is 17.9. The van der Waals surface area contributed by atoms with Crippen LogP contribution in [-0.4, -0.2) is 32.8 Å². The van der Waals surface area contributed by atoms with Gasteiger partial charge in [-0.1, -0.05) is 0 Å². The van der Waals surface area contributed by atoms with Gasteiger partial charge in [0.05, 0.1) is 17.2 Å². The van der Waals surface area contributed by atoms with Gasteiger partial charge in [0, 0.05) is 37.4 Å². The summed E-state index contributed by atoms with van der Waals surface area (Å²) in [5, 5.41) is 6.36. The number of hydrogen-bond acceptors (Lipinski definition) is 4. The molecule has 4 nitrogen and oxygen atoms in total. The van der Waals surface area contributed by atoms with Crippen molar-refractivity contribution < 1.29 is 0 Å². The molecular formula is C10H12N4S. The molecule has 0 saturated carbocycles. The molecule has 0 bridgehead atoms. The second kappa shape index (κ2) is 3.75. The van der Waals surface area contributed by atoms with Crippen molar-refractivity contribution in [2.75, 3.05) is 13.1 Å². The molecule has 1 aliphatic heterocycles. The molecule has 1 fully saturated rings. The zero-order chi connectivity index (χ0) is 10.1. The van der Waals surface area contributed by atoms with Crippen LogP contribution in [0.3, 0.4) is 0 Å². The molecule has 0 radical (unpaired) electrons. The number of rotatable bonds is 3. The topological polar surface area (TPSA) is 34.0 Å². The first-order chi connectivity index (χ1) is 7.42. The minimum Gasteiger partial charge on any atom is -0.293 e. The summed E-state index contributed by atoms with van der Waals surface area (Å²) in [6.45, 7) is 3.14. The van der Waals surface area contributed by atoms with Crippen molar-refractivity contribution in [1.29, 1.82) is 0 Å². The lowest BCUT2D eigenvalue weighted by Gasteiger charge is -2.38. The Balaban J connectivity index is 1.54. The van der Waals surface area contributed by atoms with Gasteiger partial charge in [-0.15, -0.1) is 11.3 Å². The molecule has 78 valence electrons. The molecule has 3 rings (SSSR count). The highest BCUT2D eigenvalue weighted by Gasteiger charge is 2.28. The molecule has 0 aromatic carbocycles. The molecule has 0 unspecified atom stereocenters. The van der Waals surface area contributed by atoms with Gasteiger partial charge >= 0.3 is 0 Å². The van der Waals surface area contributed by atoms with Crippen LogP contribution in [0.2, 0.25) is 0 Å². The molecule has 0 N–H and O–H groups in total. The average molecular weight is 220 g/mol. The van der Waals surface area contributed by atoms with Crippen LogP contribution in [0, 0.1) is 0 Å². The van der Waals surface area contributed by atoms with Gasteiger partial charge in [-0.3, -0.25) is 9.58 Å². The number of aromatic nitrogens is 3. The summed E-state index contributed by atoms with van der Waals surface area (Å²) in [7, 11) is 0. The van der Waals surface area contributed by atoms with Crippen LogP contribution in [0.25, 0.3) is 0 Å². The summed E-state index contributed by atoms with van der Waals surface area (Å²) < 4.78 is 2.04. The molecule has 2 aromatic rings. The standard InChI is InChI=1S/C10H12N4S/c1-2-12-14(3-1)10-5-13(6-10)4-9-7-15-8-11-9/h1-3,7-8,10H,4-6H2. The summed E-state index contributed by atoms with van der Waals surface area (Å²) >= 11 is 1.66. The number of thiazole rings is 1. The SMILES string of the molecule is c1cnn(C2CN(Cc3cscn3)C2)c1. The van der Waals surface area contributed by atoms with Crippen LogP contribution in [-0.2, 0) is 6.54 Å². The van der Waals surface area contributed by atoms with E-state index in [1.807, 2.05) is 28.7 Å². The van der Waals surface area contributed by atoms with Gasteiger partial charge in [0.2, 0.25) is 0 Å². The van der Waals surface area contributed by atoms with Crippen molar-refractivity contribution in [3.05, 3.63) is 35.0 Å². The van der Waals surface area contributed by atoms with Gasteiger partial charge in [0.1, 0.15) is 0 Å². The zero-order valence-corrected chi connectivity index (χ0v) is 9.10. The molecule has 3 heterocycles. The van der Waals surface area contributed by atoms with Crippen molar-refractivity contribution in [3.8, 4) is 0 Å². The van der Waals surface area contributed by atoms with E-state index >= 15 is 0 Å². The van der Waals surface area contributed by atoms with Gasteiger partial charge in [-0.05, 0) is 6.07 Å². The smallest absolute Gasteiger partial charge is 0.0795 e. The van der Waals surface area contributed by atoms with E-state index in [1.54, 1.807) is 11.3 Å². The largest absolute Gasteiger partial charge is 0.293 e. The fourth-order valence-corrected chi connectivity index (χ4v) is 2.43. The van der Waals surface area contributed by atoms with Crippen molar-refractivity contribution in [2.45, 2.75) is 12.6 Å². The Labute approximate surface area is 92.2 Å². The fraction of sp³-hybridized carbons (Fsp3) is 0.400. The van der Waals surface area contributed by atoms with E-state index in [9.17, 15) is 0 Å². The van der Waals surface area contributed by atoms with Crippen molar-refractivity contribution in [2.24, 2.45) is 0 Å². The predicted octanol–water partition coefficient (Wildman–Crippen LogP) is 1.40. The van der Waals surface area contributed by atoms with E-state index in [4.69, 9.17) is 0 Å². The van der Waals surface area contributed by atoms with E-state index in [-0.39, 0.29) is 0 Å². The number of nitrogens with zero attached hydrogens (tertiary/aromatic N) is 4. The van der Waals surface area contributed by atoms with Gasteiger partial charge in [0.25, 0.3) is 0 Å². The van der Waals surface area contributed by atoms with E-state index in [2.05, 4.69) is 20.4 Å². The van der Waals surface area contributed by atoms with Crippen LogP contribution < -0.4 is 0 Å². The molecule has 15 heavy (non-hydrogen) atoms. The lowest BCUT2D eigenvalue weighted by atomic mass is 10.1. The fourth-order valence-electron chi connectivity index (χ4n) is 1.88. The molecule has 0 amide bonds. The minimum absolute atomic E-state index is 0.554. The van der Waals surface area contributed by atoms with Crippen LogP contribution in [0.1, 0.15) is 11.7 Å². The van der Waals surface area contributed by atoms with Gasteiger partial charge in [0.15, 0.2) is 0 Å². The molecule has 1 saturated heterocycles. The molecule has 5 heteroatoms. The maximum Gasteiger partial charge on any atom is 0.0795 e. The number of likely N-dealkylation sites (tertiary alicyclic amines) is 1. The molecular weight excluding hydrogens is 208 g/mol. The summed E-state index contributed by atoms with van der Waals surface area (Å²) in [6, 6.07) is 2.53. The highest BCUT2D eigenvalue weighted by molar-refractivity contribution is 7.07. The molecule has 0 spiro atoms. The second-order valence-corrected chi connectivity index (χ2v) is 4.53. The molecule has 0 aliphatic carbocycles. The maximum absolute atomic E-state index is 4.28. The van der Waals surface area contributed by atoms with E-state index in [0.29, 0.717) is 6.04 Å². The van der Waals surface area contributed by atoms with E-state index in [1.165, 1.54) is 5.69 Å². The first-order valence-corrected chi connectivity index (χ1v) is 5.94. The maximum atomic E-state index is 4.28. The Kier molecular flexibility index (Phi) is 2.26. The van der Waals surface area contributed by atoms with Crippen molar-refractivity contribution >= 4 is 11.3 Å². The Morgan fingerprint density at radius 1 is 1.47 bits per heavy atom. The van der Waals surface area contributed by atoms with Crippen molar-refractivity contribution in [1.82, 2.24) is 19.7 Å². The van der Waals surface area contributed by atoms with Crippen LogP contribution in [0.5, 0.6) is 0 Å². The second-order valence-electron chi connectivity index (χ2n) is 3.81. The van der Waals surface area contributed by atoms with Crippen molar-refractivity contribution in [3.63, 3.8) is 0 Å². The first-order valence-electron chi connectivity index (χ1n) is 5.00. The minimum atomic E-state index is 0.554. The third-order valence-corrected chi connectivity index (χ3v) is 3.34. The quantitative estimate of drug-likeness (QED) is 0.784. The highest BCUT2D eigenvalue weighted by Crippen LogP contribution is 2.21.